The second-order valence-electron chi connectivity index (χ2n) is 19.6. The van der Waals surface area contributed by atoms with Crippen LogP contribution in [0.4, 0.5) is 28.4 Å². The first-order valence-electron chi connectivity index (χ1n) is 22.7. The normalized spacial score (nSPS) is 15.9. The zero-order valence-corrected chi connectivity index (χ0v) is 37.9. The van der Waals surface area contributed by atoms with E-state index in [4.69, 9.17) is 9.47 Å². The molecule has 6 heteroatoms. The molecule has 9 aromatic rings. The minimum atomic E-state index is -0.208. The van der Waals surface area contributed by atoms with Crippen LogP contribution < -0.4 is 30.1 Å². The molecule has 0 saturated carbocycles. The van der Waals surface area contributed by atoms with Gasteiger partial charge in [0.1, 0.15) is 0 Å². The van der Waals surface area contributed by atoms with E-state index in [1.165, 1.54) is 99.1 Å². The van der Waals surface area contributed by atoms with Crippen molar-refractivity contribution in [2.75, 3.05) is 9.71 Å². The Kier molecular flexibility index (Phi) is 7.90. The summed E-state index contributed by atoms with van der Waals surface area (Å²) in [6.45, 7) is 14.1. The molecule has 13 rings (SSSR count). The number of anilines is 5. The zero-order chi connectivity index (χ0) is 43.2. The van der Waals surface area contributed by atoms with Crippen LogP contribution in [-0.2, 0) is 10.8 Å². The molecule has 0 atom stereocenters. The molecule has 4 heterocycles. The predicted molar refractivity (Wildman–Crippen MR) is 270 cm³/mol. The minimum absolute atomic E-state index is 0.0284. The van der Waals surface area contributed by atoms with Gasteiger partial charge in [0.25, 0.3) is 0 Å². The summed E-state index contributed by atoms with van der Waals surface area (Å²) in [4.78, 5) is 5.22. The highest BCUT2D eigenvalue weighted by Gasteiger charge is 2.48. The van der Waals surface area contributed by atoms with Crippen LogP contribution in [0.3, 0.4) is 0 Å². The van der Waals surface area contributed by atoms with Gasteiger partial charge in [-0.1, -0.05) is 125 Å². The summed E-state index contributed by atoms with van der Waals surface area (Å²) in [7, 11) is 0. The fraction of sp³-hybridized carbons (Fsp3) is 0.172. The van der Waals surface area contributed by atoms with E-state index in [9.17, 15) is 0 Å². The number of nitrogens with zero attached hydrogens (tertiary/aromatic N) is 2. The van der Waals surface area contributed by atoms with E-state index in [2.05, 4.69) is 179 Å². The molecule has 0 radical (unpaired) electrons. The van der Waals surface area contributed by atoms with Crippen molar-refractivity contribution < 1.29 is 9.47 Å². The Morgan fingerprint density at radius 2 is 1.20 bits per heavy atom. The molecule has 0 saturated heterocycles. The maximum atomic E-state index is 6.82. The lowest BCUT2D eigenvalue weighted by molar-refractivity contribution is 0.332. The largest absolute Gasteiger partial charge is 0.450 e. The fourth-order valence-corrected chi connectivity index (χ4v) is 12.7. The van der Waals surface area contributed by atoms with Gasteiger partial charge in [-0.25, -0.2) is 0 Å². The monoisotopic (exact) mass is 846 g/mol. The molecule has 0 N–H and O–H groups in total. The first-order valence-corrected chi connectivity index (χ1v) is 23.5. The van der Waals surface area contributed by atoms with Crippen molar-refractivity contribution in [3.8, 4) is 45.3 Å². The Hall–Kier alpha value is -6.76. The standard InChI is InChI=1S/C58H47BN2O2S/c1-34-28-40-54-45(25-24-39-38-19-11-15-23-53(38)64-56(39)54)61(44-20-12-10-18-37(44)36-16-8-7-9-17-36)59-43-32-51-52(63-50-22-14-13-21-49(50)62-51)33-47(43)60(48(29-34)55(40)59)46-31-42-41(30-35(46)2)57(3,4)26-27-58(42,5)6/h7-25,28-33H,26-27H2,1-6H3. The fourth-order valence-electron chi connectivity index (χ4n) is 11.4. The maximum Gasteiger partial charge on any atom is 0.333 e. The number of hydrogen-bond acceptors (Lipinski definition) is 5. The number of ether oxygens (including phenoxy) is 2. The van der Waals surface area contributed by atoms with Crippen molar-refractivity contribution in [2.24, 2.45) is 0 Å². The zero-order valence-electron chi connectivity index (χ0n) is 37.0. The number of hydrogen-bond donors (Lipinski definition) is 0. The second-order valence-corrected chi connectivity index (χ2v) is 20.7. The molecule has 0 bridgehead atoms. The molecule has 310 valence electrons. The number of aryl methyl sites for hydroxylation is 2. The van der Waals surface area contributed by atoms with E-state index >= 15 is 0 Å². The Bertz CT molecular complexity index is 3460. The average Bonchev–Trinajstić information content (AvgIpc) is 3.68. The number of fused-ring (bicyclic) bond motifs is 11. The van der Waals surface area contributed by atoms with Gasteiger partial charge in [-0.05, 0) is 130 Å². The van der Waals surface area contributed by atoms with E-state index in [1.54, 1.807) is 0 Å². The van der Waals surface area contributed by atoms with Gasteiger partial charge in [0.2, 0.25) is 0 Å². The lowest BCUT2D eigenvalue weighted by atomic mass is 9.43. The van der Waals surface area contributed by atoms with Crippen LogP contribution in [0.15, 0.2) is 152 Å². The summed E-state index contributed by atoms with van der Waals surface area (Å²) >= 11 is 1.91. The van der Waals surface area contributed by atoms with Gasteiger partial charge in [0.15, 0.2) is 23.0 Å². The van der Waals surface area contributed by atoms with E-state index in [1.807, 2.05) is 35.6 Å². The second kappa shape index (κ2) is 13.4. The van der Waals surface area contributed by atoms with Gasteiger partial charge in [-0.2, -0.15) is 0 Å². The van der Waals surface area contributed by atoms with Crippen LogP contribution in [0.1, 0.15) is 62.8 Å². The Labute approximate surface area is 379 Å². The third kappa shape index (κ3) is 5.35. The summed E-state index contributed by atoms with van der Waals surface area (Å²) in [5.74, 6) is 2.89. The van der Waals surface area contributed by atoms with E-state index in [0.717, 1.165) is 40.8 Å². The molecule has 4 nitrogen and oxygen atoms in total. The molecule has 0 spiro atoms. The molecular weight excluding hydrogens is 800 g/mol. The average molecular weight is 847 g/mol. The van der Waals surface area contributed by atoms with Crippen molar-refractivity contribution in [2.45, 2.75) is 65.2 Å². The number of para-hydroxylation sites is 3. The summed E-state index contributed by atoms with van der Waals surface area (Å²) in [6, 6.07) is 56.0. The number of rotatable bonds is 3. The predicted octanol–water partition coefficient (Wildman–Crippen LogP) is 15.3. The van der Waals surface area contributed by atoms with Crippen LogP contribution in [0.25, 0.3) is 42.4 Å². The van der Waals surface area contributed by atoms with E-state index in [0.29, 0.717) is 0 Å². The van der Waals surface area contributed by atoms with Crippen molar-refractivity contribution in [1.82, 2.24) is 0 Å². The van der Waals surface area contributed by atoms with Gasteiger partial charge < -0.3 is 19.2 Å². The van der Waals surface area contributed by atoms with Gasteiger partial charge in [-0.3, -0.25) is 0 Å². The quantitative estimate of drug-likeness (QED) is 0.165. The van der Waals surface area contributed by atoms with E-state index in [-0.39, 0.29) is 17.7 Å². The molecule has 0 amide bonds. The van der Waals surface area contributed by atoms with Gasteiger partial charge in [-0.15, -0.1) is 11.3 Å². The van der Waals surface area contributed by atoms with Crippen LogP contribution in [-0.4, -0.2) is 6.85 Å². The highest BCUT2D eigenvalue weighted by molar-refractivity contribution is 7.26. The molecule has 1 aromatic heterocycles. The summed E-state index contributed by atoms with van der Waals surface area (Å²) < 4.78 is 16.2. The minimum Gasteiger partial charge on any atom is -0.450 e. The Morgan fingerprint density at radius 3 is 1.98 bits per heavy atom. The van der Waals surface area contributed by atoms with E-state index < -0.39 is 0 Å². The molecule has 0 unspecified atom stereocenters. The third-order valence-electron chi connectivity index (χ3n) is 14.7. The van der Waals surface area contributed by atoms with Crippen LogP contribution in [0.2, 0.25) is 0 Å². The molecule has 8 aromatic carbocycles. The molecule has 1 aliphatic carbocycles. The van der Waals surface area contributed by atoms with Crippen molar-refractivity contribution >= 4 is 77.7 Å². The van der Waals surface area contributed by atoms with Crippen LogP contribution in [0.5, 0.6) is 23.0 Å². The van der Waals surface area contributed by atoms with Gasteiger partial charge in [0.05, 0.1) is 0 Å². The molecule has 4 aliphatic rings. The van der Waals surface area contributed by atoms with Crippen molar-refractivity contribution in [3.63, 3.8) is 0 Å². The first-order chi connectivity index (χ1) is 31.0. The Balaban J connectivity index is 1.17. The number of thiophene rings is 1. The van der Waals surface area contributed by atoms with Crippen molar-refractivity contribution in [3.05, 3.63) is 174 Å². The molecule has 3 aliphatic heterocycles. The summed E-state index contributed by atoms with van der Waals surface area (Å²) in [5.41, 5.74) is 18.8. The molecule has 64 heavy (non-hydrogen) atoms. The van der Waals surface area contributed by atoms with Crippen LogP contribution in [0, 0.1) is 13.8 Å². The number of benzene rings is 8. The topological polar surface area (TPSA) is 24.9 Å². The SMILES string of the molecule is Cc1cc2c3c(c1)N(c1cc4c(cc1C)C(C)(C)CCC4(C)C)c1cc4c(cc1B3N(c1ccccc1-c1ccccc1)c1ccc3c(sc5ccccc53)c1-2)Oc1ccccc1O4. The third-order valence-corrected chi connectivity index (χ3v) is 15.9. The highest BCUT2D eigenvalue weighted by Crippen LogP contribution is 2.56. The lowest BCUT2D eigenvalue weighted by Crippen LogP contribution is -2.61. The lowest BCUT2D eigenvalue weighted by Gasteiger charge is -2.47. The smallest absolute Gasteiger partial charge is 0.333 e. The molecule has 0 fully saturated rings. The van der Waals surface area contributed by atoms with Crippen LogP contribution >= 0.6 is 11.3 Å². The van der Waals surface area contributed by atoms with Gasteiger partial charge in [0, 0.05) is 65.8 Å². The first kappa shape index (κ1) is 37.8. The molecular formula is C58H47BN2O2S. The summed E-state index contributed by atoms with van der Waals surface area (Å²) in [5, 5.41) is 2.60. The summed E-state index contributed by atoms with van der Waals surface area (Å²) in [6.07, 6.45) is 2.31. The van der Waals surface area contributed by atoms with Crippen molar-refractivity contribution in [1.29, 1.82) is 0 Å². The highest BCUT2D eigenvalue weighted by atomic mass is 32.1. The maximum absolute atomic E-state index is 6.82. The Morgan fingerprint density at radius 1 is 0.531 bits per heavy atom. The van der Waals surface area contributed by atoms with Gasteiger partial charge >= 0.3 is 6.85 Å².